The highest BCUT2D eigenvalue weighted by Gasteiger charge is 2.31. The number of nitrogens with zero attached hydrogens (tertiary/aromatic N) is 2. The summed E-state index contributed by atoms with van der Waals surface area (Å²) >= 11 is 6.11. The molecule has 2 aromatic rings. The summed E-state index contributed by atoms with van der Waals surface area (Å²) in [6.07, 6.45) is 7.25. The van der Waals surface area contributed by atoms with Crippen molar-refractivity contribution >= 4 is 17.7 Å². The van der Waals surface area contributed by atoms with E-state index in [1.54, 1.807) is 0 Å². The number of hydrogen-bond acceptors (Lipinski definition) is 3. The first-order valence-electron chi connectivity index (χ1n) is 8.45. The first kappa shape index (κ1) is 15.7. The van der Waals surface area contributed by atoms with E-state index in [1.165, 1.54) is 17.6 Å². The average molecular weight is 341 g/mol. The lowest BCUT2D eigenvalue weighted by Crippen LogP contribution is -2.28. The van der Waals surface area contributed by atoms with Gasteiger partial charge in [0.05, 0.1) is 0 Å². The Morgan fingerprint density at radius 1 is 1.33 bits per heavy atom. The van der Waals surface area contributed by atoms with Crippen LogP contribution in [0.25, 0.3) is 6.08 Å². The number of ether oxygens (including phenoxy) is 1. The summed E-state index contributed by atoms with van der Waals surface area (Å²) in [5.74, 6) is 1.61. The third-order valence-corrected chi connectivity index (χ3v) is 5.07. The van der Waals surface area contributed by atoms with Crippen LogP contribution >= 0.6 is 11.6 Å². The molecule has 0 spiro atoms. The van der Waals surface area contributed by atoms with Crippen LogP contribution in [0.2, 0.25) is 5.02 Å². The minimum atomic E-state index is 0.440. The molecule has 1 aromatic carbocycles. The zero-order valence-electron chi connectivity index (χ0n) is 13.8. The maximum Gasteiger partial charge on any atom is 0.127 e. The molecule has 0 saturated carbocycles. The van der Waals surface area contributed by atoms with E-state index in [4.69, 9.17) is 16.3 Å². The second-order valence-corrected chi connectivity index (χ2v) is 7.28. The van der Waals surface area contributed by atoms with Gasteiger partial charge in [-0.05, 0) is 53.8 Å². The lowest BCUT2D eigenvalue weighted by molar-refractivity contribution is 0.257. The molecule has 0 unspecified atom stereocenters. The van der Waals surface area contributed by atoms with E-state index in [1.807, 2.05) is 36.7 Å². The third kappa shape index (κ3) is 3.19. The normalized spacial score (nSPS) is 23.5. The quantitative estimate of drug-likeness (QED) is 0.816. The maximum atomic E-state index is 6.11. The Morgan fingerprint density at radius 3 is 3.08 bits per heavy atom. The van der Waals surface area contributed by atoms with Gasteiger partial charge >= 0.3 is 0 Å². The zero-order valence-corrected chi connectivity index (χ0v) is 14.5. The van der Waals surface area contributed by atoms with E-state index in [9.17, 15) is 0 Å². The fraction of sp³-hybridized carbons (Fsp3) is 0.350. The molecule has 2 aliphatic heterocycles. The Labute approximate surface area is 147 Å². The second-order valence-electron chi connectivity index (χ2n) is 6.85. The van der Waals surface area contributed by atoms with Gasteiger partial charge in [0.15, 0.2) is 0 Å². The molecule has 1 saturated heterocycles. The third-order valence-electron chi connectivity index (χ3n) is 4.83. The van der Waals surface area contributed by atoms with Crippen LogP contribution in [0.1, 0.15) is 30.5 Å². The molecule has 0 bridgehead atoms. The van der Waals surface area contributed by atoms with Gasteiger partial charge in [-0.25, -0.2) is 0 Å². The highest BCUT2D eigenvalue weighted by atomic mass is 35.5. The predicted octanol–water partition coefficient (Wildman–Crippen LogP) is 4.59. The van der Waals surface area contributed by atoms with E-state index >= 15 is 0 Å². The van der Waals surface area contributed by atoms with Crippen molar-refractivity contribution in [2.24, 2.45) is 5.92 Å². The van der Waals surface area contributed by atoms with Gasteiger partial charge in [0.2, 0.25) is 0 Å². The lowest BCUT2D eigenvalue weighted by atomic mass is 10.0. The van der Waals surface area contributed by atoms with Crippen molar-refractivity contribution in [3.63, 3.8) is 0 Å². The molecule has 0 radical (unpaired) electrons. The van der Waals surface area contributed by atoms with Crippen LogP contribution in [0.3, 0.4) is 0 Å². The molecule has 3 heterocycles. The lowest BCUT2D eigenvalue weighted by Gasteiger charge is -2.27. The zero-order chi connectivity index (χ0) is 16.5. The highest BCUT2D eigenvalue weighted by Crippen LogP contribution is 2.36. The summed E-state index contributed by atoms with van der Waals surface area (Å²) < 4.78 is 5.90. The SMILES string of the molecule is C[C@H]1C[C@H](c2cccnc2)N(CC2=Cc3cc(Cl)ccc3OC2)C1. The number of benzene rings is 1. The van der Waals surface area contributed by atoms with E-state index in [0.29, 0.717) is 18.6 Å². The number of fused-ring (bicyclic) bond motifs is 1. The highest BCUT2D eigenvalue weighted by molar-refractivity contribution is 6.30. The molecule has 4 heteroatoms. The van der Waals surface area contributed by atoms with Crippen molar-refractivity contribution < 1.29 is 4.74 Å². The molecule has 0 N–H and O–H groups in total. The maximum absolute atomic E-state index is 6.11. The van der Waals surface area contributed by atoms with Crippen LogP contribution in [-0.2, 0) is 0 Å². The Hall–Kier alpha value is -1.84. The van der Waals surface area contributed by atoms with Crippen LogP contribution in [0.15, 0.2) is 48.3 Å². The Bertz CT molecular complexity index is 759. The number of rotatable bonds is 3. The molecular formula is C20H21ClN2O. The summed E-state index contributed by atoms with van der Waals surface area (Å²) in [5, 5.41) is 0.748. The number of pyridine rings is 1. The van der Waals surface area contributed by atoms with Gasteiger partial charge < -0.3 is 4.74 Å². The van der Waals surface area contributed by atoms with Crippen LogP contribution in [0.4, 0.5) is 0 Å². The van der Waals surface area contributed by atoms with Gasteiger partial charge in [0, 0.05) is 42.1 Å². The molecule has 24 heavy (non-hydrogen) atoms. The largest absolute Gasteiger partial charge is 0.489 e. The van der Waals surface area contributed by atoms with Gasteiger partial charge in [-0.1, -0.05) is 24.6 Å². The van der Waals surface area contributed by atoms with Gasteiger partial charge in [-0.2, -0.15) is 0 Å². The van der Waals surface area contributed by atoms with Gasteiger partial charge in [-0.3, -0.25) is 9.88 Å². The van der Waals surface area contributed by atoms with Gasteiger partial charge in [0.25, 0.3) is 0 Å². The molecule has 1 aromatic heterocycles. The molecule has 0 amide bonds. The summed E-state index contributed by atoms with van der Waals surface area (Å²) in [6.45, 7) is 5.01. The topological polar surface area (TPSA) is 25.4 Å². The fourth-order valence-corrected chi connectivity index (χ4v) is 3.96. The molecule has 2 aliphatic rings. The van der Waals surface area contributed by atoms with Crippen LogP contribution in [0.5, 0.6) is 5.75 Å². The van der Waals surface area contributed by atoms with E-state index < -0.39 is 0 Å². The summed E-state index contributed by atoms with van der Waals surface area (Å²) in [4.78, 5) is 6.84. The molecule has 4 rings (SSSR count). The smallest absolute Gasteiger partial charge is 0.127 e. The average Bonchev–Trinajstić information content (AvgIpc) is 2.95. The molecule has 2 atom stereocenters. The van der Waals surface area contributed by atoms with E-state index in [2.05, 4.69) is 29.0 Å². The minimum absolute atomic E-state index is 0.440. The van der Waals surface area contributed by atoms with Crippen LogP contribution < -0.4 is 4.74 Å². The summed E-state index contributed by atoms with van der Waals surface area (Å²) in [5.41, 5.74) is 3.68. The Balaban J connectivity index is 1.56. The molecule has 0 aliphatic carbocycles. The fourth-order valence-electron chi connectivity index (χ4n) is 3.77. The van der Waals surface area contributed by atoms with Gasteiger partial charge in [-0.15, -0.1) is 0 Å². The summed E-state index contributed by atoms with van der Waals surface area (Å²) in [6, 6.07) is 10.4. The number of hydrogen-bond donors (Lipinski definition) is 0. The van der Waals surface area contributed by atoms with Crippen molar-refractivity contribution in [3.05, 3.63) is 64.4 Å². The monoisotopic (exact) mass is 340 g/mol. The standard InChI is InChI=1S/C20H21ClN2O/c1-14-7-19(16-3-2-6-22-10-16)23(11-14)12-15-8-17-9-18(21)4-5-20(17)24-13-15/h2-6,8-10,14,19H,7,11-13H2,1H3/t14-,19+/m0/s1. The molecule has 1 fully saturated rings. The van der Waals surface area contributed by atoms with Crippen molar-refractivity contribution in [2.45, 2.75) is 19.4 Å². The molecular weight excluding hydrogens is 320 g/mol. The predicted molar refractivity (Wildman–Crippen MR) is 97.3 cm³/mol. The van der Waals surface area contributed by atoms with Crippen LogP contribution in [-0.4, -0.2) is 29.6 Å². The first-order valence-corrected chi connectivity index (χ1v) is 8.82. The Kier molecular flexibility index (Phi) is 4.30. The van der Waals surface area contributed by atoms with Crippen molar-refractivity contribution in [3.8, 4) is 5.75 Å². The van der Waals surface area contributed by atoms with Crippen molar-refractivity contribution in [1.29, 1.82) is 0 Å². The van der Waals surface area contributed by atoms with E-state index in [0.717, 1.165) is 29.4 Å². The van der Waals surface area contributed by atoms with Gasteiger partial charge in [0.1, 0.15) is 12.4 Å². The van der Waals surface area contributed by atoms with Crippen LogP contribution in [0, 0.1) is 5.92 Å². The summed E-state index contributed by atoms with van der Waals surface area (Å²) in [7, 11) is 0. The molecule has 124 valence electrons. The first-order chi connectivity index (χ1) is 11.7. The number of likely N-dealkylation sites (tertiary alicyclic amines) is 1. The number of aromatic nitrogens is 1. The minimum Gasteiger partial charge on any atom is -0.489 e. The second kappa shape index (κ2) is 6.58. The van der Waals surface area contributed by atoms with Crippen molar-refractivity contribution in [2.75, 3.05) is 19.7 Å². The van der Waals surface area contributed by atoms with E-state index in [-0.39, 0.29) is 0 Å². The Morgan fingerprint density at radius 2 is 2.25 bits per heavy atom. The molecule has 3 nitrogen and oxygen atoms in total. The number of halogens is 1. The van der Waals surface area contributed by atoms with Crippen molar-refractivity contribution in [1.82, 2.24) is 9.88 Å².